The van der Waals surface area contributed by atoms with Crippen LogP contribution in [0.5, 0.6) is 0 Å². The number of aliphatic carboxylic acids is 1. The number of aromatic nitrogens is 3. The lowest BCUT2D eigenvalue weighted by molar-refractivity contribution is -0.139. The number of fused-ring (bicyclic) bond motifs is 1. The van der Waals surface area contributed by atoms with Gasteiger partial charge in [-0.05, 0) is 37.3 Å². The Balaban J connectivity index is 1.72. The fraction of sp³-hybridized carbons (Fsp3) is 0.375. The Hall–Kier alpha value is -2.41. The van der Waals surface area contributed by atoms with Gasteiger partial charge in [0.2, 0.25) is 0 Å². The summed E-state index contributed by atoms with van der Waals surface area (Å²) < 4.78 is 1.38. The van der Waals surface area contributed by atoms with Gasteiger partial charge in [-0.2, -0.15) is 5.10 Å². The van der Waals surface area contributed by atoms with E-state index in [1.165, 1.54) is 23.3 Å². The Morgan fingerprint density at radius 2 is 2.12 bits per heavy atom. The molecule has 126 valence electrons. The number of amides is 1. The summed E-state index contributed by atoms with van der Waals surface area (Å²) in [5, 5.41) is 16.2. The monoisotopic (exact) mass is 348 g/mol. The van der Waals surface area contributed by atoms with Crippen molar-refractivity contribution < 1.29 is 14.7 Å². The molecule has 0 fully saturated rings. The molecule has 0 saturated carbocycles. The molecule has 24 heavy (non-hydrogen) atoms. The van der Waals surface area contributed by atoms with Crippen molar-refractivity contribution in [1.82, 2.24) is 20.1 Å². The first-order valence-corrected chi connectivity index (χ1v) is 8.10. The Morgan fingerprint density at radius 1 is 1.33 bits per heavy atom. The van der Waals surface area contributed by atoms with E-state index in [1.807, 2.05) is 0 Å². The molecule has 3 rings (SSSR count). The van der Waals surface area contributed by atoms with E-state index in [4.69, 9.17) is 11.6 Å². The zero-order valence-electron chi connectivity index (χ0n) is 12.9. The summed E-state index contributed by atoms with van der Waals surface area (Å²) >= 11 is 5.77. The summed E-state index contributed by atoms with van der Waals surface area (Å²) in [4.78, 5) is 28.1. The molecule has 0 aliphatic heterocycles. The number of nitrogens with zero attached hydrogens (tertiary/aromatic N) is 3. The maximum atomic E-state index is 12.4. The number of pyridine rings is 1. The minimum atomic E-state index is -1.14. The van der Waals surface area contributed by atoms with Crippen molar-refractivity contribution >= 4 is 23.5 Å². The number of carboxylic acid groups (broad SMARTS) is 1. The fourth-order valence-electron chi connectivity index (χ4n) is 2.76. The normalized spacial score (nSPS) is 14.7. The standard InChI is InChI=1S/C16H17ClN4O3/c17-12-7-19-21(8-12)9-14(16(23)24)20-15(22)11-5-10-3-1-2-4-13(10)18-6-11/h5-8,14H,1-4,9H2,(H,20,22)(H,23,24). The molecule has 1 unspecified atom stereocenters. The van der Waals surface area contributed by atoms with Crippen molar-refractivity contribution in [1.29, 1.82) is 0 Å². The van der Waals surface area contributed by atoms with E-state index in [0.29, 0.717) is 10.6 Å². The van der Waals surface area contributed by atoms with Gasteiger partial charge in [-0.25, -0.2) is 4.79 Å². The predicted molar refractivity (Wildman–Crippen MR) is 87.0 cm³/mol. The fourth-order valence-corrected chi connectivity index (χ4v) is 2.92. The second-order valence-electron chi connectivity index (χ2n) is 5.78. The molecule has 1 aliphatic carbocycles. The summed E-state index contributed by atoms with van der Waals surface area (Å²) in [6, 6.07) is 0.699. The Labute approximate surface area is 143 Å². The molecule has 8 heteroatoms. The molecule has 1 amide bonds. The van der Waals surface area contributed by atoms with Crippen molar-refractivity contribution in [2.75, 3.05) is 0 Å². The van der Waals surface area contributed by atoms with E-state index in [-0.39, 0.29) is 6.54 Å². The van der Waals surface area contributed by atoms with Crippen LogP contribution in [0, 0.1) is 0 Å². The van der Waals surface area contributed by atoms with Crippen LogP contribution in [-0.4, -0.2) is 37.8 Å². The first-order valence-electron chi connectivity index (χ1n) is 7.72. The third-order valence-electron chi connectivity index (χ3n) is 4.01. The van der Waals surface area contributed by atoms with Crippen LogP contribution < -0.4 is 5.32 Å². The number of hydrogen-bond acceptors (Lipinski definition) is 4. The van der Waals surface area contributed by atoms with Gasteiger partial charge in [0.25, 0.3) is 5.91 Å². The van der Waals surface area contributed by atoms with Crippen LogP contribution in [0.25, 0.3) is 0 Å². The Kier molecular flexibility index (Phi) is 4.80. The average molecular weight is 349 g/mol. The van der Waals surface area contributed by atoms with Crippen LogP contribution in [-0.2, 0) is 24.2 Å². The minimum absolute atomic E-state index is 0.00778. The van der Waals surface area contributed by atoms with Gasteiger partial charge in [-0.3, -0.25) is 14.5 Å². The maximum Gasteiger partial charge on any atom is 0.328 e. The second-order valence-corrected chi connectivity index (χ2v) is 6.22. The molecule has 2 aromatic heterocycles. The first-order chi connectivity index (χ1) is 11.5. The summed E-state index contributed by atoms with van der Waals surface area (Å²) in [6.45, 7) is -0.00778. The molecule has 7 nitrogen and oxygen atoms in total. The van der Waals surface area contributed by atoms with Crippen molar-refractivity contribution in [2.24, 2.45) is 0 Å². The molecule has 2 aromatic rings. The average Bonchev–Trinajstić information content (AvgIpc) is 2.98. The van der Waals surface area contributed by atoms with E-state index in [1.54, 1.807) is 6.07 Å². The van der Waals surface area contributed by atoms with Gasteiger partial charge in [-0.1, -0.05) is 11.6 Å². The molecule has 0 aromatic carbocycles. The molecule has 0 bridgehead atoms. The van der Waals surface area contributed by atoms with Crippen molar-refractivity contribution in [2.45, 2.75) is 38.3 Å². The van der Waals surface area contributed by atoms with Crippen LogP contribution in [0.1, 0.15) is 34.5 Å². The van der Waals surface area contributed by atoms with Gasteiger partial charge in [0.15, 0.2) is 0 Å². The number of aryl methyl sites for hydroxylation is 2. The van der Waals surface area contributed by atoms with E-state index in [0.717, 1.165) is 36.9 Å². The largest absolute Gasteiger partial charge is 0.480 e. The highest BCUT2D eigenvalue weighted by atomic mass is 35.5. The molecule has 1 aliphatic rings. The van der Waals surface area contributed by atoms with Gasteiger partial charge in [0.05, 0.1) is 23.3 Å². The third kappa shape index (κ3) is 3.73. The number of carbonyl (C=O) groups is 2. The number of carboxylic acids is 1. The van der Waals surface area contributed by atoms with E-state index in [9.17, 15) is 14.7 Å². The highest BCUT2D eigenvalue weighted by Gasteiger charge is 2.23. The van der Waals surface area contributed by atoms with Crippen molar-refractivity contribution in [3.8, 4) is 0 Å². The Morgan fingerprint density at radius 3 is 2.83 bits per heavy atom. The van der Waals surface area contributed by atoms with E-state index < -0.39 is 17.9 Å². The highest BCUT2D eigenvalue weighted by Crippen LogP contribution is 2.20. The molecular formula is C16H17ClN4O3. The van der Waals surface area contributed by atoms with Gasteiger partial charge in [0.1, 0.15) is 6.04 Å². The van der Waals surface area contributed by atoms with Crippen LogP contribution in [0.4, 0.5) is 0 Å². The smallest absolute Gasteiger partial charge is 0.328 e. The second kappa shape index (κ2) is 7.00. The maximum absolute atomic E-state index is 12.4. The molecule has 0 spiro atoms. The molecule has 1 atom stereocenters. The SMILES string of the molecule is O=C(NC(Cn1cc(Cl)cn1)C(=O)O)c1cnc2c(c1)CCCC2. The zero-order valence-corrected chi connectivity index (χ0v) is 13.7. The topological polar surface area (TPSA) is 97.1 Å². The number of nitrogens with one attached hydrogen (secondary N) is 1. The van der Waals surface area contributed by atoms with Gasteiger partial charge >= 0.3 is 5.97 Å². The quantitative estimate of drug-likeness (QED) is 0.857. The first kappa shape index (κ1) is 16.4. The third-order valence-corrected chi connectivity index (χ3v) is 4.20. The minimum Gasteiger partial charge on any atom is -0.480 e. The van der Waals surface area contributed by atoms with Crippen LogP contribution >= 0.6 is 11.6 Å². The lowest BCUT2D eigenvalue weighted by Gasteiger charge is -2.17. The van der Waals surface area contributed by atoms with E-state index in [2.05, 4.69) is 15.4 Å². The number of halogens is 1. The highest BCUT2D eigenvalue weighted by molar-refractivity contribution is 6.30. The van der Waals surface area contributed by atoms with Crippen LogP contribution in [0.15, 0.2) is 24.7 Å². The van der Waals surface area contributed by atoms with E-state index >= 15 is 0 Å². The zero-order chi connectivity index (χ0) is 17.1. The predicted octanol–water partition coefficient (Wildman–Crippen LogP) is 1.69. The number of carbonyl (C=O) groups excluding carboxylic acids is 1. The van der Waals surface area contributed by atoms with Gasteiger partial charge in [-0.15, -0.1) is 0 Å². The molecule has 2 heterocycles. The molecule has 0 radical (unpaired) electrons. The van der Waals surface area contributed by atoms with Crippen LogP contribution in [0.2, 0.25) is 5.02 Å². The summed E-state index contributed by atoms with van der Waals surface area (Å²) in [7, 11) is 0. The molecule has 0 saturated heterocycles. The summed E-state index contributed by atoms with van der Waals surface area (Å²) in [5.41, 5.74) is 2.47. The van der Waals surface area contributed by atoms with Crippen LogP contribution in [0.3, 0.4) is 0 Å². The Bertz CT molecular complexity index is 774. The number of rotatable bonds is 5. The molecular weight excluding hydrogens is 332 g/mol. The lowest BCUT2D eigenvalue weighted by Crippen LogP contribution is -2.43. The van der Waals surface area contributed by atoms with Crippen molar-refractivity contribution in [3.63, 3.8) is 0 Å². The number of hydrogen-bond donors (Lipinski definition) is 2. The lowest BCUT2D eigenvalue weighted by atomic mass is 9.95. The van der Waals surface area contributed by atoms with Gasteiger partial charge in [0, 0.05) is 18.1 Å². The molecule has 2 N–H and O–H groups in total. The summed E-state index contributed by atoms with van der Waals surface area (Å²) in [6.07, 6.45) is 8.44. The van der Waals surface area contributed by atoms with Gasteiger partial charge < -0.3 is 10.4 Å². The van der Waals surface area contributed by atoms with Crippen molar-refractivity contribution in [3.05, 3.63) is 46.5 Å². The summed E-state index contributed by atoms with van der Waals surface area (Å²) in [5.74, 6) is -1.59.